The maximum atomic E-state index is 11.9. The molecule has 0 radical (unpaired) electrons. The molecule has 1 N–H and O–H groups in total. The van der Waals surface area contributed by atoms with Gasteiger partial charge in [0.1, 0.15) is 0 Å². The van der Waals surface area contributed by atoms with E-state index in [1.165, 1.54) is 16.7 Å². The average Bonchev–Trinajstić information content (AvgIpc) is 2.20. The molecule has 0 amide bonds. The monoisotopic (exact) mass is 245 g/mol. The second kappa shape index (κ2) is 6.05. The molecule has 0 unspecified atom stereocenters. The highest BCUT2D eigenvalue weighted by atomic mass is 19.4. The van der Waals surface area contributed by atoms with Gasteiger partial charge in [-0.15, -0.1) is 0 Å². The van der Waals surface area contributed by atoms with Crippen LogP contribution in [0.2, 0.25) is 0 Å². The SMILES string of the molecule is Cc1cccc(C)c1CNCCCC(F)(F)F. The van der Waals surface area contributed by atoms with Crippen molar-refractivity contribution in [2.24, 2.45) is 0 Å². The molecule has 0 bridgehead atoms. The number of rotatable bonds is 5. The number of hydrogen-bond donors (Lipinski definition) is 1. The van der Waals surface area contributed by atoms with E-state index in [0.29, 0.717) is 13.1 Å². The van der Waals surface area contributed by atoms with Gasteiger partial charge in [-0.25, -0.2) is 0 Å². The normalized spacial score (nSPS) is 11.8. The van der Waals surface area contributed by atoms with Crippen molar-refractivity contribution in [1.82, 2.24) is 5.32 Å². The van der Waals surface area contributed by atoms with E-state index >= 15 is 0 Å². The summed E-state index contributed by atoms with van der Waals surface area (Å²) in [5.41, 5.74) is 3.53. The second-order valence-corrected chi connectivity index (χ2v) is 4.27. The highest BCUT2D eigenvalue weighted by Crippen LogP contribution is 2.20. The first kappa shape index (κ1) is 14.0. The molecule has 0 heterocycles. The maximum Gasteiger partial charge on any atom is 0.389 e. The Morgan fingerprint density at radius 2 is 1.71 bits per heavy atom. The molecule has 0 fully saturated rings. The van der Waals surface area contributed by atoms with E-state index in [9.17, 15) is 13.2 Å². The van der Waals surface area contributed by atoms with Gasteiger partial charge in [-0.3, -0.25) is 0 Å². The lowest BCUT2D eigenvalue weighted by atomic mass is 10.0. The molecule has 1 rings (SSSR count). The Balaban J connectivity index is 2.32. The zero-order valence-electron chi connectivity index (χ0n) is 10.2. The Labute approximate surface area is 100 Å². The van der Waals surface area contributed by atoms with Crippen molar-refractivity contribution in [3.63, 3.8) is 0 Å². The van der Waals surface area contributed by atoms with Crippen molar-refractivity contribution < 1.29 is 13.2 Å². The zero-order valence-corrected chi connectivity index (χ0v) is 10.2. The smallest absolute Gasteiger partial charge is 0.313 e. The first-order valence-electron chi connectivity index (χ1n) is 5.73. The Hall–Kier alpha value is -1.03. The minimum atomic E-state index is -4.04. The van der Waals surface area contributed by atoms with Gasteiger partial charge in [-0.05, 0) is 43.5 Å². The molecule has 0 aliphatic heterocycles. The fraction of sp³-hybridized carbons (Fsp3) is 0.538. The van der Waals surface area contributed by atoms with Crippen LogP contribution in [-0.2, 0) is 6.54 Å². The quantitative estimate of drug-likeness (QED) is 0.779. The summed E-state index contributed by atoms with van der Waals surface area (Å²) in [6, 6.07) is 6.01. The van der Waals surface area contributed by atoms with Crippen LogP contribution in [0.15, 0.2) is 18.2 Å². The number of nitrogens with one attached hydrogen (secondary N) is 1. The summed E-state index contributed by atoms with van der Waals surface area (Å²) in [5, 5.41) is 3.06. The molecule has 0 spiro atoms. The first-order valence-corrected chi connectivity index (χ1v) is 5.73. The van der Waals surface area contributed by atoms with Crippen LogP contribution < -0.4 is 5.32 Å². The standard InChI is InChI=1S/C13H18F3N/c1-10-5-3-6-11(2)12(10)9-17-8-4-7-13(14,15)16/h3,5-6,17H,4,7-9H2,1-2H3. The van der Waals surface area contributed by atoms with Crippen LogP contribution in [-0.4, -0.2) is 12.7 Å². The summed E-state index contributed by atoms with van der Waals surface area (Å²) in [6.45, 7) is 5.06. The average molecular weight is 245 g/mol. The summed E-state index contributed by atoms with van der Waals surface area (Å²) >= 11 is 0. The highest BCUT2D eigenvalue weighted by Gasteiger charge is 2.25. The van der Waals surface area contributed by atoms with Crippen LogP contribution in [0.5, 0.6) is 0 Å². The van der Waals surface area contributed by atoms with Crippen LogP contribution in [0.3, 0.4) is 0 Å². The Morgan fingerprint density at radius 1 is 1.12 bits per heavy atom. The fourth-order valence-electron chi connectivity index (χ4n) is 1.76. The molecule has 0 atom stereocenters. The summed E-state index contributed by atoms with van der Waals surface area (Å²) in [6.07, 6.45) is -4.62. The second-order valence-electron chi connectivity index (χ2n) is 4.27. The predicted molar refractivity (Wildman–Crippen MR) is 62.9 cm³/mol. The molecule has 96 valence electrons. The third-order valence-corrected chi connectivity index (χ3v) is 2.76. The lowest BCUT2D eigenvalue weighted by Gasteiger charge is -2.11. The maximum absolute atomic E-state index is 11.9. The number of alkyl halides is 3. The minimum Gasteiger partial charge on any atom is -0.313 e. The van der Waals surface area contributed by atoms with Crippen LogP contribution >= 0.6 is 0 Å². The summed E-state index contributed by atoms with van der Waals surface area (Å²) in [5.74, 6) is 0. The number of aryl methyl sites for hydroxylation is 2. The van der Waals surface area contributed by atoms with Crippen LogP contribution in [0, 0.1) is 13.8 Å². The summed E-state index contributed by atoms with van der Waals surface area (Å²) < 4.78 is 35.7. The molecule has 4 heteroatoms. The van der Waals surface area contributed by atoms with Crippen molar-refractivity contribution in [2.75, 3.05) is 6.54 Å². The van der Waals surface area contributed by atoms with Gasteiger partial charge < -0.3 is 5.32 Å². The molecular formula is C13H18F3N. The van der Waals surface area contributed by atoms with Crippen molar-refractivity contribution >= 4 is 0 Å². The highest BCUT2D eigenvalue weighted by molar-refractivity contribution is 5.33. The van der Waals surface area contributed by atoms with E-state index in [4.69, 9.17) is 0 Å². The molecule has 1 aromatic rings. The van der Waals surface area contributed by atoms with Gasteiger partial charge in [0.05, 0.1) is 0 Å². The first-order chi connectivity index (χ1) is 7.90. The van der Waals surface area contributed by atoms with Gasteiger partial charge in [0.15, 0.2) is 0 Å². The Morgan fingerprint density at radius 3 is 2.24 bits per heavy atom. The molecular weight excluding hydrogens is 227 g/mol. The largest absolute Gasteiger partial charge is 0.389 e. The molecule has 0 saturated carbocycles. The molecule has 0 saturated heterocycles. The van der Waals surface area contributed by atoms with Crippen LogP contribution in [0.25, 0.3) is 0 Å². The Bertz CT molecular complexity index is 338. The fourth-order valence-corrected chi connectivity index (χ4v) is 1.76. The van der Waals surface area contributed by atoms with Crippen LogP contribution in [0.4, 0.5) is 13.2 Å². The number of halogens is 3. The van der Waals surface area contributed by atoms with E-state index < -0.39 is 12.6 Å². The summed E-state index contributed by atoms with van der Waals surface area (Å²) in [7, 11) is 0. The minimum absolute atomic E-state index is 0.133. The number of hydrogen-bond acceptors (Lipinski definition) is 1. The summed E-state index contributed by atoms with van der Waals surface area (Å²) in [4.78, 5) is 0. The van der Waals surface area contributed by atoms with E-state index in [2.05, 4.69) is 5.32 Å². The predicted octanol–water partition coefficient (Wildman–Crippen LogP) is 3.74. The van der Waals surface area contributed by atoms with Crippen molar-refractivity contribution in [3.8, 4) is 0 Å². The Kier molecular flexibility index (Phi) is 5.00. The topological polar surface area (TPSA) is 12.0 Å². The molecule has 0 aliphatic carbocycles. The molecule has 17 heavy (non-hydrogen) atoms. The molecule has 0 aromatic heterocycles. The van der Waals surface area contributed by atoms with Gasteiger partial charge in [-0.2, -0.15) is 13.2 Å². The third-order valence-electron chi connectivity index (χ3n) is 2.76. The zero-order chi connectivity index (χ0) is 12.9. The van der Waals surface area contributed by atoms with E-state index in [0.717, 1.165) is 0 Å². The van der Waals surface area contributed by atoms with Gasteiger partial charge in [0, 0.05) is 13.0 Å². The van der Waals surface area contributed by atoms with Crippen molar-refractivity contribution in [1.29, 1.82) is 0 Å². The van der Waals surface area contributed by atoms with E-state index in [1.54, 1.807) is 0 Å². The lowest BCUT2D eigenvalue weighted by molar-refractivity contribution is -0.135. The third kappa shape index (κ3) is 5.22. The lowest BCUT2D eigenvalue weighted by Crippen LogP contribution is -2.18. The van der Waals surface area contributed by atoms with Gasteiger partial charge in [-0.1, -0.05) is 18.2 Å². The van der Waals surface area contributed by atoms with Crippen molar-refractivity contribution in [3.05, 3.63) is 34.9 Å². The van der Waals surface area contributed by atoms with Gasteiger partial charge in [0.2, 0.25) is 0 Å². The molecule has 1 aromatic carbocycles. The van der Waals surface area contributed by atoms with Gasteiger partial charge >= 0.3 is 6.18 Å². The number of benzene rings is 1. The molecule has 1 nitrogen and oxygen atoms in total. The van der Waals surface area contributed by atoms with E-state index in [1.807, 2.05) is 32.0 Å². The van der Waals surface area contributed by atoms with Crippen LogP contribution in [0.1, 0.15) is 29.5 Å². The molecule has 0 aliphatic rings. The van der Waals surface area contributed by atoms with Crippen molar-refractivity contribution in [2.45, 2.75) is 39.4 Å². The van der Waals surface area contributed by atoms with Gasteiger partial charge in [0.25, 0.3) is 0 Å². The van der Waals surface area contributed by atoms with E-state index in [-0.39, 0.29) is 6.42 Å².